The molecule has 29 heavy (non-hydrogen) atoms. The van der Waals surface area contributed by atoms with Crippen LogP contribution in [0.5, 0.6) is 5.75 Å². The minimum atomic E-state index is -0.472. The van der Waals surface area contributed by atoms with Crippen molar-refractivity contribution < 1.29 is 19.1 Å². The maximum Gasteiger partial charge on any atom is 0.343 e. The molecular formula is C24H21NO4. The van der Waals surface area contributed by atoms with Gasteiger partial charge in [-0.1, -0.05) is 18.2 Å². The Morgan fingerprint density at radius 3 is 2.00 bits per heavy atom. The van der Waals surface area contributed by atoms with E-state index in [1.807, 2.05) is 32.0 Å². The van der Waals surface area contributed by atoms with Crippen LogP contribution in [0, 0.1) is 37.5 Å². The third-order valence-electron chi connectivity index (χ3n) is 6.24. The molecule has 5 heteroatoms. The van der Waals surface area contributed by atoms with Gasteiger partial charge in [-0.25, -0.2) is 4.79 Å². The number of aryl methyl sites for hydroxylation is 2. The summed E-state index contributed by atoms with van der Waals surface area (Å²) in [7, 11) is 0. The fourth-order valence-corrected chi connectivity index (χ4v) is 5.06. The van der Waals surface area contributed by atoms with Crippen LogP contribution in [-0.2, 0) is 9.59 Å². The maximum absolute atomic E-state index is 12.9. The third-order valence-corrected chi connectivity index (χ3v) is 6.24. The predicted molar refractivity (Wildman–Crippen MR) is 108 cm³/mol. The van der Waals surface area contributed by atoms with Crippen LogP contribution in [0.2, 0.25) is 0 Å². The van der Waals surface area contributed by atoms with Crippen molar-refractivity contribution in [2.24, 2.45) is 23.7 Å². The van der Waals surface area contributed by atoms with Crippen LogP contribution < -0.4 is 9.64 Å². The molecule has 0 radical (unpaired) electrons. The van der Waals surface area contributed by atoms with Gasteiger partial charge in [0.1, 0.15) is 5.75 Å². The Morgan fingerprint density at radius 2 is 1.45 bits per heavy atom. The quantitative estimate of drug-likeness (QED) is 0.347. The molecule has 2 amide bonds. The summed E-state index contributed by atoms with van der Waals surface area (Å²) in [4.78, 5) is 39.5. The van der Waals surface area contributed by atoms with Gasteiger partial charge in [-0.3, -0.25) is 14.5 Å². The lowest BCUT2D eigenvalue weighted by Gasteiger charge is -2.17. The summed E-state index contributed by atoms with van der Waals surface area (Å²) in [5, 5.41) is 0. The zero-order chi connectivity index (χ0) is 20.3. The second kappa shape index (κ2) is 6.41. The number of amides is 2. The molecule has 1 saturated carbocycles. The normalized spacial score (nSPS) is 26.9. The van der Waals surface area contributed by atoms with E-state index in [1.54, 1.807) is 24.3 Å². The first-order valence-electron chi connectivity index (χ1n) is 9.89. The van der Waals surface area contributed by atoms with Gasteiger partial charge in [0.2, 0.25) is 11.8 Å². The largest absolute Gasteiger partial charge is 0.423 e. The van der Waals surface area contributed by atoms with E-state index in [2.05, 4.69) is 12.2 Å². The number of benzene rings is 2. The van der Waals surface area contributed by atoms with E-state index in [1.165, 1.54) is 4.90 Å². The summed E-state index contributed by atoms with van der Waals surface area (Å²) in [6.45, 7) is 3.89. The summed E-state index contributed by atoms with van der Waals surface area (Å²) < 4.78 is 5.47. The SMILES string of the molecule is Cc1cc(C)cc(OC(=O)c2ccc(N3C(=O)[C@@H]4[C@H](C3=O)[C@H]3C=C[C@H]4C3)cc2)c1. The average molecular weight is 387 g/mol. The van der Waals surface area contributed by atoms with Gasteiger partial charge < -0.3 is 4.74 Å². The molecule has 2 aromatic carbocycles. The molecule has 2 aromatic rings. The lowest BCUT2D eigenvalue weighted by Crippen LogP contribution is -2.32. The summed E-state index contributed by atoms with van der Waals surface area (Å²) >= 11 is 0. The van der Waals surface area contributed by atoms with Crippen molar-refractivity contribution in [1.82, 2.24) is 0 Å². The van der Waals surface area contributed by atoms with Crippen LogP contribution in [0.4, 0.5) is 5.69 Å². The molecule has 0 N–H and O–H groups in total. The Labute approximate surface area is 169 Å². The fourth-order valence-electron chi connectivity index (χ4n) is 5.06. The topological polar surface area (TPSA) is 63.7 Å². The highest BCUT2D eigenvalue weighted by Gasteiger charge is 2.59. The molecule has 3 aliphatic rings. The van der Waals surface area contributed by atoms with Crippen molar-refractivity contribution in [1.29, 1.82) is 0 Å². The smallest absolute Gasteiger partial charge is 0.343 e. The maximum atomic E-state index is 12.9. The van der Waals surface area contributed by atoms with Gasteiger partial charge in [-0.15, -0.1) is 0 Å². The van der Waals surface area contributed by atoms with Crippen molar-refractivity contribution >= 4 is 23.5 Å². The zero-order valence-electron chi connectivity index (χ0n) is 16.3. The van der Waals surface area contributed by atoms with Gasteiger partial charge >= 0.3 is 5.97 Å². The van der Waals surface area contributed by atoms with E-state index in [9.17, 15) is 14.4 Å². The number of nitrogens with zero attached hydrogens (tertiary/aromatic N) is 1. The standard InChI is InChI=1S/C24H21NO4/c1-13-9-14(2)11-19(10-13)29-24(28)15-5-7-18(8-6-15)25-22(26)20-16-3-4-17(12-16)21(20)23(25)27/h3-11,16-17,20-21H,12H2,1-2H3/t16-,17-,20-,21+/m0/s1. The summed E-state index contributed by atoms with van der Waals surface area (Å²) in [5.41, 5.74) is 2.91. The lowest BCUT2D eigenvalue weighted by molar-refractivity contribution is -0.123. The molecule has 4 atom stereocenters. The third kappa shape index (κ3) is 2.80. The van der Waals surface area contributed by atoms with Crippen LogP contribution in [-0.4, -0.2) is 17.8 Å². The average Bonchev–Trinajstić information content (AvgIpc) is 3.35. The van der Waals surface area contributed by atoms with E-state index >= 15 is 0 Å². The molecule has 1 heterocycles. The van der Waals surface area contributed by atoms with Gasteiger partial charge in [0.25, 0.3) is 0 Å². The number of allylic oxidation sites excluding steroid dienone is 2. The molecule has 5 nitrogen and oxygen atoms in total. The molecule has 5 rings (SSSR count). The minimum absolute atomic E-state index is 0.123. The number of ether oxygens (including phenoxy) is 1. The van der Waals surface area contributed by atoms with Crippen LogP contribution in [0.1, 0.15) is 27.9 Å². The van der Waals surface area contributed by atoms with Gasteiger partial charge in [0.15, 0.2) is 0 Å². The number of esters is 1. The van der Waals surface area contributed by atoms with Gasteiger partial charge in [0, 0.05) is 0 Å². The Kier molecular flexibility index (Phi) is 3.95. The summed E-state index contributed by atoms with van der Waals surface area (Å²) in [6.07, 6.45) is 5.06. The minimum Gasteiger partial charge on any atom is -0.423 e. The van der Waals surface area contributed by atoms with E-state index in [-0.39, 0.29) is 35.5 Å². The van der Waals surface area contributed by atoms with E-state index in [0.717, 1.165) is 17.5 Å². The number of carbonyl (C=O) groups excluding carboxylic acids is 3. The van der Waals surface area contributed by atoms with Crippen molar-refractivity contribution in [3.63, 3.8) is 0 Å². The number of anilines is 1. The van der Waals surface area contributed by atoms with E-state index < -0.39 is 5.97 Å². The highest BCUT2D eigenvalue weighted by Crippen LogP contribution is 2.53. The number of carbonyl (C=O) groups is 3. The van der Waals surface area contributed by atoms with Crippen LogP contribution >= 0.6 is 0 Å². The van der Waals surface area contributed by atoms with Crippen LogP contribution in [0.25, 0.3) is 0 Å². The Hall–Kier alpha value is -3.21. The van der Waals surface area contributed by atoms with Gasteiger partial charge in [-0.2, -0.15) is 0 Å². The molecule has 146 valence electrons. The fraction of sp³-hybridized carbons (Fsp3) is 0.292. The number of rotatable bonds is 3. The van der Waals surface area contributed by atoms with Crippen molar-refractivity contribution in [2.45, 2.75) is 20.3 Å². The molecule has 0 aromatic heterocycles. The Bertz CT molecular complexity index is 1020. The second-order valence-electron chi connectivity index (χ2n) is 8.27. The van der Waals surface area contributed by atoms with Crippen molar-refractivity contribution in [3.8, 4) is 5.75 Å². The number of hydrogen-bond acceptors (Lipinski definition) is 4. The molecule has 2 fully saturated rings. The first-order chi connectivity index (χ1) is 13.9. The lowest BCUT2D eigenvalue weighted by atomic mass is 9.85. The number of fused-ring (bicyclic) bond motifs is 5. The first-order valence-corrected chi connectivity index (χ1v) is 9.89. The molecule has 1 saturated heterocycles. The van der Waals surface area contributed by atoms with E-state index in [0.29, 0.717) is 17.0 Å². The monoisotopic (exact) mass is 387 g/mol. The zero-order valence-corrected chi connectivity index (χ0v) is 16.3. The first kappa shape index (κ1) is 17.9. The Morgan fingerprint density at radius 1 is 0.897 bits per heavy atom. The van der Waals surface area contributed by atoms with Crippen LogP contribution in [0.15, 0.2) is 54.6 Å². The van der Waals surface area contributed by atoms with Crippen molar-refractivity contribution in [2.75, 3.05) is 4.90 Å². The van der Waals surface area contributed by atoms with Gasteiger partial charge in [0.05, 0.1) is 23.1 Å². The summed E-state index contributed by atoms with van der Waals surface area (Å²) in [5.74, 6) is -0.322. The van der Waals surface area contributed by atoms with Crippen molar-refractivity contribution in [3.05, 3.63) is 71.3 Å². The number of imide groups is 1. The highest BCUT2D eigenvalue weighted by atomic mass is 16.5. The molecule has 2 aliphatic carbocycles. The van der Waals surface area contributed by atoms with Gasteiger partial charge in [-0.05, 0) is 79.6 Å². The molecule has 0 spiro atoms. The van der Waals surface area contributed by atoms with E-state index in [4.69, 9.17) is 4.74 Å². The number of hydrogen-bond donors (Lipinski definition) is 0. The molecular weight excluding hydrogens is 366 g/mol. The molecule has 1 aliphatic heterocycles. The second-order valence-corrected chi connectivity index (χ2v) is 8.27. The summed E-state index contributed by atoms with van der Waals surface area (Å²) in [6, 6.07) is 12.1. The molecule has 0 unspecified atom stereocenters. The van der Waals surface area contributed by atoms with Crippen LogP contribution in [0.3, 0.4) is 0 Å². The predicted octanol–water partition coefficient (Wildman–Crippen LogP) is 3.83. The highest BCUT2D eigenvalue weighted by molar-refractivity contribution is 6.22. The molecule has 2 bridgehead atoms. The Balaban J connectivity index is 1.35.